The van der Waals surface area contributed by atoms with Crippen LogP contribution in [-0.4, -0.2) is 38.3 Å². The summed E-state index contributed by atoms with van der Waals surface area (Å²) in [6.45, 7) is 3.47. The van der Waals surface area contributed by atoms with Crippen molar-refractivity contribution in [3.05, 3.63) is 23.7 Å². The predicted octanol–water partition coefficient (Wildman–Crippen LogP) is 1.22. The SMILES string of the molecule is CNCc1occc1CN(C)C1CCOC1. The van der Waals surface area contributed by atoms with Gasteiger partial charge in [0, 0.05) is 24.8 Å². The molecule has 1 atom stereocenters. The molecule has 4 heteroatoms. The first-order valence-electron chi connectivity index (χ1n) is 5.79. The van der Waals surface area contributed by atoms with Crippen LogP contribution in [0.4, 0.5) is 0 Å². The first-order valence-corrected chi connectivity index (χ1v) is 5.79. The molecule has 0 bridgehead atoms. The molecule has 1 saturated heterocycles. The molecule has 1 aromatic rings. The molecular formula is C12H20N2O2. The van der Waals surface area contributed by atoms with Gasteiger partial charge in [-0.2, -0.15) is 0 Å². The van der Waals surface area contributed by atoms with Crippen molar-refractivity contribution in [3.63, 3.8) is 0 Å². The van der Waals surface area contributed by atoms with Crippen LogP contribution in [0, 0.1) is 0 Å². The summed E-state index contributed by atoms with van der Waals surface area (Å²) in [7, 11) is 4.08. The molecule has 0 aromatic carbocycles. The summed E-state index contributed by atoms with van der Waals surface area (Å²) in [6.07, 6.45) is 2.90. The van der Waals surface area contributed by atoms with Crippen LogP contribution in [0.3, 0.4) is 0 Å². The minimum Gasteiger partial charge on any atom is -0.468 e. The van der Waals surface area contributed by atoms with E-state index in [1.807, 2.05) is 7.05 Å². The minimum absolute atomic E-state index is 0.553. The molecule has 0 saturated carbocycles. The lowest BCUT2D eigenvalue weighted by Gasteiger charge is -2.22. The van der Waals surface area contributed by atoms with Crippen LogP contribution in [0.1, 0.15) is 17.7 Å². The molecule has 1 aromatic heterocycles. The largest absolute Gasteiger partial charge is 0.468 e. The van der Waals surface area contributed by atoms with Crippen molar-refractivity contribution in [1.29, 1.82) is 0 Å². The molecule has 16 heavy (non-hydrogen) atoms. The zero-order valence-electron chi connectivity index (χ0n) is 10.0. The first kappa shape index (κ1) is 11.6. The average Bonchev–Trinajstić information content (AvgIpc) is 2.90. The fourth-order valence-corrected chi connectivity index (χ4v) is 2.09. The number of likely N-dealkylation sites (N-methyl/N-ethyl adjacent to an activating group) is 1. The van der Waals surface area contributed by atoms with E-state index in [0.29, 0.717) is 6.04 Å². The van der Waals surface area contributed by atoms with Gasteiger partial charge in [0.15, 0.2) is 0 Å². The summed E-state index contributed by atoms with van der Waals surface area (Å²) >= 11 is 0. The maximum atomic E-state index is 5.45. The molecule has 2 heterocycles. The Morgan fingerprint density at radius 2 is 2.44 bits per heavy atom. The number of nitrogens with zero attached hydrogens (tertiary/aromatic N) is 1. The van der Waals surface area contributed by atoms with Crippen molar-refractivity contribution in [2.45, 2.75) is 25.6 Å². The molecule has 90 valence electrons. The standard InChI is InChI=1S/C12H20N2O2/c1-13-7-12-10(3-6-16-12)8-14(2)11-4-5-15-9-11/h3,6,11,13H,4-5,7-9H2,1-2H3. The molecule has 1 N–H and O–H groups in total. The van der Waals surface area contributed by atoms with E-state index in [1.54, 1.807) is 6.26 Å². The number of ether oxygens (including phenoxy) is 1. The number of furan rings is 1. The normalized spacial score (nSPS) is 20.8. The third-order valence-corrected chi connectivity index (χ3v) is 3.12. The summed E-state index contributed by atoms with van der Waals surface area (Å²) in [4.78, 5) is 2.34. The van der Waals surface area contributed by atoms with Gasteiger partial charge in [-0.1, -0.05) is 0 Å². The Kier molecular flexibility index (Phi) is 3.98. The summed E-state index contributed by atoms with van der Waals surface area (Å²) in [6, 6.07) is 2.61. The quantitative estimate of drug-likeness (QED) is 0.816. The highest BCUT2D eigenvalue weighted by molar-refractivity contribution is 5.16. The first-order chi connectivity index (χ1) is 7.81. The molecule has 0 radical (unpaired) electrons. The van der Waals surface area contributed by atoms with Crippen LogP contribution in [0.5, 0.6) is 0 Å². The smallest absolute Gasteiger partial charge is 0.122 e. The van der Waals surface area contributed by atoms with Crippen LogP contribution in [0.2, 0.25) is 0 Å². The third-order valence-electron chi connectivity index (χ3n) is 3.12. The topological polar surface area (TPSA) is 37.6 Å². The Balaban J connectivity index is 1.94. The van der Waals surface area contributed by atoms with Crippen molar-refractivity contribution in [3.8, 4) is 0 Å². The van der Waals surface area contributed by atoms with E-state index in [-0.39, 0.29) is 0 Å². The monoisotopic (exact) mass is 224 g/mol. The molecule has 4 nitrogen and oxygen atoms in total. The lowest BCUT2D eigenvalue weighted by Crippen LogP contribution is -2.31. The summed E-state index contributed by atoms with van der Waals surface area (Å²) < 4.78 is 10.8. The zero-order valence-corrected chi connectivity index (χ0v) is 10.0. The van der Waals surface area contributed by atoms with Gasteiger partial charge in [-0.15, -0.1) is 0 Å². The number of hydrogen-bond acceptors (Lipinski definition) is 4. The minimum atomic E-state index is 0.553. The lowest BCUT2D eigenvalue weighted by atomic mass is 10.2. The van der Waals surface area contributed by atoms with Crippen LogP contribution in [0.25, 0.3) is 0 Å². The van der Waals surface area contributed by atoms with Gasteiger partial charge in [-0.05, 0) is 26.6 Å². The molecule has 1 aliphatic heterocycles. The lowest BCUT2D eigenvalue weighted by molar-refractivity contribution is 0.156. The van der Waals surface area contributed by atoms with E-state index >= 15 is 0 Å². The molecule has 1 aliphatic rings. The van der Waals surface area contributed by atoms with Crippen LogP contribution in [0.15, 0.2) is 16.7 Å². The maximum absolute atomic E-state index is 5.45. The fraction of sp³-hybridized carbons (Fsp3) is 0.667. The van der Waals surface area contributed by atoms with Crippen molar-refractivity contribution >= 4 is 0 Å². The highest BCUT2D eigenvalue weighted by Gasteiger charge is 2.21. The molecule has 0 spiro atoms. The highest BCUT2D eigenvalue weighted by atomic mass is 16.5. The molecule has 2 rings (SSSR count). The number of rotatable bonds is 5. The van der Waals surface area contributed by atoms with E-state index in [2.05, 4.69) is 23.3 Å². The fourth-order valence-electron chi connectivity index (χ4n) is 2.09. The Labute approximate surface area is 96.6 Å². The van der Waals surface area contributed by atoms with E-state index in [4.69, 9.17) is 9.15 Å². The molecule has 0 amide bonds. The average molecular weight is 224 g/mol. The van der Waals surface area contributed by atoms with E-state index < -0.39 is 0 Å². The molecule has 1 fully saturated rings. The second kappa shape index (κ2) is 5.48. The van der Waals surface area contributed by atoms with Gasteiger partial charge in [0.05, 0.1) is 19.4 Å². The van der Waals surface area contributed by atoms with Crippen molar-refractivity contribution in [2.24, 2.45) is 0 Å². The zero-order chi connectivity index (χ0) is 11.4. The van der Waals surface area contributed by atoms with E-state index in [1.165, 1.54) is 5.56 Å². The predicted molar refractivity (Wildman–Crippen MR) is 62.2 cm³/mol. The van der Waals surface area contributed by atoms with Gasteiger partial charge in [0.2, 0.25) is 0 Å². The summed E-state index contributed by atoms with van der Waals surface area (Å²) in [5.41, 5.74) is 1.27. The van der Waals surface area contributed by atoms with Crippen molar-refractivity contribution in [1.82, 2.24) is 10.2 Å². The van der Waals surface area contributed by atoms with Gasteiger partial charge in [0.1, 0.15) is 5.76 Å². The third kappa shape index (κ3) is 2.64. The Bertz CT molecular complexity index is 319. The van der Waals surface area contributed by atoms with Crippen LogP contribution < -0.4 is 5.32 Å². The van der Waals surface area contributed by atoms with Crippen LogP contribution >= 0.6 is 0 Å². The molecule has 1 unspecified atom stereocenters. The summed E-state index contributed by atoms with van der Waals surface area (Å²) in [5.74, 6) is 1.04. The summed E-state index contributed by atoms with van der Waals surface area (Å²) in [5, 5.41) is 3.12. The van der Waals surface area contributed by atoms with E-state index in [9.17, 15) is 0 Å². The van der Waals surface area contributed by atoms with Crippen molar-refractivity contribution < 1.29 is 9.15 Å². The number of nitrogens with one attached hydrogen (secondary N) is 1. The molecular weight excluding hydrogens is 204 g/mol. The Morgan fingerprint density at radius 3 is 3.12 bits per heavy atom. The highest BCUT2D eigenvalue weighted by Crippen LogP contribution is 2.17. The van der Waals surface area contributed by atoms with E-state index in [0.717, 1.165) is 38.5 Å². The maximum Gasteiger partial charge on any atom is 0.122 e. The van der Waals surface area contributed by atoms with Gasteiger partial charge in [-0.25, -0.2) is 0 Å². The van der Waals surface area contributed by atoms with Gasteiger partial charge in [0.25, 0.3) is 0 Å². The van der Waals surface area contributed by atoms with Gasteiger partial charge >= 0.3 is 0 Å². The van der Waals surface area contributed by atoms with Crippen LogP contribution in [-0.2, 0) is 17.8 Å². The van der Waals surface area contributed by atoms with Gasteiger partial charge < -0.3 is 14.5 Å². The van der Waals surface area contributed by atoms with Gasteiger partial charge in [-0.3, -0.25) is 4.90 Å². The second-order valence-corrected chi connectivity index (χ2v) is 4.33. The Hall–Kier alpha value is -0.840. The number of hydrogen-bond donors (Lipinski definition) is 1. The Morgan fingerprint density at radius 1 is 1.56 bits per heavy atom. The molecule has 0 aliphatic carbocycles. The van der Waals surface area contributed by atoms with Crippen molar-refractivity contribution in [2.75, 3.05) is 27.3 Å². The second-order valence-electron chi connectivity index (χ2n) is 4.33.